The topological polar surface area (TPSA) is 52.6 Å². The van der Waals surface area contributed by atoms with E-state index in [2.05, 4.69) is 53.1 Å². The van der Waals surface area contributed by atoms with Crippen LogP contribution in [0.2, 0.25) is 0 Å². The largest absolute Gasteiger partial charge is 0.395 e. The molecule has 1 atom stereocenters. The van der Waals surface area contributed by atoms with Crippen LogP contribution in [0.15, 0.2) is 25.6 Å². The Kier molecular flexibility index (Phi) is 6.04. The van der Waals surface area contributed by atoms with Crippen LogP contribution in [-0.2, 0) is 4.79 Å². The van der Waals surface area contributed by atoms with Crippen molar-refractivity contribution in [1.82, 2.24) is 4.90 Å². The molecule has 1 amide bonds. The van der Waals surface area contributed by atoms with Gasteiger partial charge in [0.1, 0.15) is 0 Å². The lowest BCUT2D eigenvalue weighted by Crippen LogP contribution is -2.38. The molecule has 4 nitrogen and oxygen atoms in total. The Morgan fingerprint density at radius 3 is 2.60 bits per heavy atom. The van der Waals surface area contributed by atoms with Crippen LogP contribution in [0.25, 0.3) is 0 Å². The molecule has 1 fully saturated rings. The Balaban J connectivity index is 2.01. The number of nitrogens with one attached hydrogen (secondary N) is 1. The molecule has 1 aliphatic heterocycles. The third-order valence-corrected chi connectivity index (χ3v) is 5.04. The molecule has 0 saturated carbocycles. The fraction of sp³-hybridized carbons (Fsp3) is 0.462. The third kappa shape index (κ3) is 4.04. The van der Waals surface area contributed by atoms with Crippen LogP contribution < -0.4 is 5.32 Å². The number of benzene rings is 1. The Hall–Kier alpha value is 0.0500. The molecule has 0 radical (unpaired) electrons. The number of carbonyl (C=O) groups excluding carboxylic acids is 1. The van der Waals surface area contributed by atoms with Gasteiger partial charge in [-0.2, -0.15) is 0 Å². The number of hydrogen-bond acceptors (Lipinski definition) is 3. The van der Waals surface area contributed by atoms with Crippen molar-refractivity contribution in [3.8, 4) is 0 Å². The molecule has 1 aromatic carbocycles. The van der Waals surface area contributed by atoms with Gasteiger partial charge in [0, 0.05) is 19.5 Å². The average Bonchev–Trinajstić information content (AvgIpc) is 2.81. The fourth-order valence-electron chi connectivity index (χ4n) is 2.34. The summed E-state index contributed by atoms with van der Waals surface area (Å²) in [6.45, 7) is 1.28. The predicted octanol–water partition coefficient (Wildman–Crippen LogP) is 3.37. The van der Waals surface area contributed by atoms with Gasteiger partial charge in [0.2, 0.25) is 5.91 Å². The minimum atomic E-state index is -0.0749. The number of halogens is 3. The number of rotatable bonds is 4. The first-order chi connectivity index (χ1) is 9.51. The highest BCUT2D eigenvalue weighted by molar-refractivity contribution is 9.11. The molecule has 2 rings (SSSR count). The van der Waals surface area contributed by atoms with Crippen LogP contribution in [0.5, 0.6) is 0 Å². The number of carbonyl (C=O) groups is 1. The van der Waals surface area contributed by atoms with Gasteiger partial charge in [-0.3, -0.25) is 9.69 Å². The SMILES string of the molecule is O=C(CN1CCCC1CO)Nc1c(Br)cc(Br)cc1Br. The first kappa shape index (κ1) is 16.4. The highest BCUT2D eigenvalue weighted by Crippen LogP contribution is 2.34. The van der Waals surface area contributed by atoms with Gasteiger partial charge in [0.05, 0.1) is 18.8 Å². The van der Waals surface area contributed by atoms with E-state index in [9.17, 15) is 9.90 Å². The lowest BCUT2D eigenvalue weighted by atomic mass is 10.2. The summed E-state index contributed by atoms with van der Waals surface area (Å²) in [5.41, 5.74) is 0.720. The van der Waals surface area contributed by atoms with Gasteiger partial charge in [-0.25, -0.2) is 0 Å². The maximum Gasteiger partial charge on any atom is 0.238 e. The van der Waals surface area contributed by atoms with Gasteiger partial charge in [0.25, 0.3) is 0 Å². The molecular weight excluding hydrogens is 456 g/mol. The second-order valence-electron chi connectivity index (χ2n) is 4.74. The predicted molar refractivity (Wildman–Crippen MR) is 89.9 cm³/mol. The quantitative estimate of drug-likeness (QED) is 0.709. The molecule has 1 saturated heterocycles. The molecule has 7 heteroatoms. The van der Waals surface area contributed by atoms with E-state index in [1.807, 2.05) is 17.0 Å². The van der Waals surface area contributed by atoms with E-state index in [1.54, 1.807) is 0 Å². The molecule has 1 aromatic rings. The van der Waals surface area contributed by atoms with Crippen molar-refractivity contribution in [3.63, 3.8) is 0 Å². The molecule has 2 N–H and O–H groups in total. The standard InChI is InChI=1S/C13H15Br3N2O2/c14-8-4-10(15)13(11(16)5-8)17-12(20)6-18-3-1-2-9(18)7-19/h4-5,9,19H,1-3,6-7H2,(H,17,20). The Morgan fingerprint density at radius 1 is 1.35 bits per heavy atom. The zero-order valence-electron chi connectivity index (χ0n) is 10.7. The lowest BCUT2D eigenvalue weighted by Gasteiger charge is -2.22. The van der Waals surface area contributed by atoms with Gasteiger partial charge in [-0.1, -0.05) is 15.9 Å². The molecule has 0 aliphatic carbocycles. The molecule has 1 unspecified atom stereocenters. The minimum Gasteiger partial charge on any atom is -0.395 e. The number of likely N-dealkylation sites (tertiary alicyclic amines) is 1. The summed E-state index contributed by atoms with van der Waals surface area (Å²) in [5.74, 6) is -0.0749. The molecule has 0 bridgehead atoms. The fourth-order valence-corrected chi connectivity index (χ4v) is 4.79. The zero-order chi connectivity index (χ0) is 14.7. The van der Waals surface area contributed by atoms with E-state index in [0.717, 1.165) is 38.5 Å². The van der Waals surface area contributed by atoms with Crippen molar-refractivity contribution in [2.75, 3.05) is 25.0 Å². The summed E-state index contributed by atoms with van der Waals surface area (Å²) < 4.78 is 2.55. The van der Waals surface area contributed by atoms with E-state index in [1.165, 1.54) is 0 Å². The Labute approximate surface area is 143 Å². The molecule has 110 valence electrons. The highest BCUT2D eigenvalue weighted by Gasteiger charge is 2.25. The van der Waals surface area contributed by atoms with Crippen LogP contribution in [0.3, 0.4) is 0 Å². The maximum absolute atomic E-state index is 12.1. The highest BCUT2D eigenvalue weighted by atomic mass is 79.9. The van der Waals surface area contributed by atoms with Crippen molar-refractivity contribution < 1.29 is 9.90 Å². The first-order valence-electron chi connectivity index (χ1n) is 6.30. The third-order valence-electron chi connectivity index (χ3n) is 3.33. The van der Waals surface area contributed by atoms with Crippen molar-refractivity contribution >= 4 is 59.4 Å². The molecule has 0 spiro atoms. The van der Waals surface area contributed by atoms with Crippen molar-refractivity contribution in [2.45, 2.75) is 18.9 Å². The van der Waals surface area contributed by atoms with Gasteiger partial charge < -0.3 is 10.4 Å². The van der Waals surface area contributed by atoms with Gasteiger partial charge in [0.15, 0.2) is 0 Å². The van der Waals surface area contributed by atoms with Gasteiger partial charge in [-0.15, -0.1) is 0 Å². The monoisotopic (exact) mass is 468 g/mol. The van der Waals surface area contributed by atoms with E-state index >= 15 is 0 Å². The number of nitrogens with zero attached hydrogens (tertiary/aromatic N) is 1. The molecule has 1 heterocycles. The summed E-state index contributed by atoms with van der Waals surface area (Å²) in [5, 5.41) is 12.2. The lowest BCUT2D eigenvalue weighted by molar-refractivity contribution is -0.117. The summed E-state index contributed by atoms with van der Waals surface area (Å²) in [4.78, 5) is 14.2. The van der Waals surface area contributed by atoms with Crippen LogP contribution >= 0.6 is 47.8 Å². The number of aliphatic hydroxyl groups excluding tert-OH is 1. The molecule has 0 aromatic heterocycles. The van der Waals surface area contributed by atoms with Crippen molar-refractivity contribution in [2.24, 2.45) is 0 Å². The Morgan fingerprint density at radius 2 is 2.00 bits per heavy atom. The second kappa shape index (κ2) is 7.35. The van der Waals surface area contributed by atoms with E-state index in [4.69, 9.17) is 0 Å². The van der Waals surface area contributed by atoms with Crippen LogP contribution in [0.4, 0.5) is 5.69 Å². The summed E-state index contributed by atoms with van der Waals surface area (Å²) in [7, 11) is 0. The average molecular weight is 471 g/mol. The molecular formula is C13H15Br3N2O2. The minimum absolute atomic E-state index is 0.0749. The summed E-state index contributed by atoms with van der Waals surface area (Å²) in [6, 6.07) is 3.87. The zero-order valence-corrected chi connectivity index (χ0v) is 15.5. The first-order valence-corrected chi connectivity index (χ1v) is 8.68. The van der Waals surface area contributed by atoms with Crippen LogP contribution in [-0.4, -0.2) is 41.7 Å². The number of hydrogen-bond donors (Lipinski definition) is 2. The van der Waals surface area contributed by atoms with Crippen LogP contribution in [0, 0.1) is 0 Å². The van der Waals surface area contributed by atoms with Crippen molar-refractivity contribution in [1.29, 1.82) is 0 Å². The summed E-state index contributed by atoms with van der Waals surface area (Å²) >= 11 is 10.3. The van der Waals surface area contributed by atoms with E-state index in [-0.39, 0.29) is 18.6 Å². The molecule has 1 aliphatic rings. The summed E-state index contributed by atoms with van der Waals surface area (Å²) in [6.07, 6.45) is 1.99. The maximum atomic E-state index is 12.1. The van der Waals surface area contributed by atoms with Gasteiger partial charge >= 0.3 is 0 Å². The van der Waals surface area contributed by atoms with Crippen LogP contribution in [0.1, 0.15) is 12.8 Å². The Bertz CT molecular complexity index is 487. The normalized spacial score (nSPS) is 19.3. The van der Waals surface area contributed by atoms with E-state index in [0.29, 0.717) is 6.54 Å². The van der Waals surface area contributed by atoms with E-state index < -0.39 is 0 Å². The number of amides is 1. The van der Waals surface area contributed by atoms with Gasteiger partial charge in [-0.05, 0) is 63.4 Å². The molecule has 20 heavy (non-hydrogen) atoms. The van der Waals surface area contributed by atoms with Crippen molar-refractivity contribution in [3.05, 3.63) is 25.6 Å². The number of aliphatic hydroxyl groups is 1. The number of anilines is 1. The second-order valence-corrected chi connectivity index (χ2v) is 7.37. The smallest absolute Gasteiger partial charge is 0.238 e.